The third-order valence-corrected chi connectivity index (χ3v) is 4.39. The Labute approximate surface area is 167 Å². The molecular weight excluding hydrogens is 380 g/mol. The lowest BCUT2D eigenvalue weighted by Gasteiger charge is -2.14. The largest absolute Gasteiger partial charge is 0.495 e. The third kappa shape index (κ3) is 4.50. The molecule has 8 heteroatoms. The van der Waals surface area contributed by atoms with E-state index in [4.69, 9.17) is 21.4 Å². The van der Waals surface area contributed by atoms with E-state index in [1.807, 2.05) is 13.0 Å². The number of nitrogens with zero attached hydrogens (tertiary/aromatic N) is 2. The molecule has 0 unspecified atom stereocenters. The van der Waals surface area contributed by atoms with Gasteiger partial charge in [0.2, 0.25) is 0 Å². The molecule has 0 saturated heterocycles. The van der Waals surface area contributed by atoms with Crippen LogP contribution in [0.2, 0.25) is 5.02 Å². The van der Waals surface area contributed by atoms with Gasteiger partial charge in [0.05, 0.1) is 18.4 Å². The molecule has 144 valence electrons. The Morgan fingerprint density at radius 2 is 1.68 bits per heavy atom. The summed E-state index contributed by atoms with van der Waals surface area (Å²) in [6, 6.07) is 11.8. The Morgan fingerprint density at radius 1 is 1.04 bits per heavy atom. The van der Waals surface area contributed by atoms with Crippen molar-refractivity contribution in [2.24, 2.45) is 0 Å². The van der Waals surface area contributed by atoms with Gasteiger partial charge in [-0.15, -0.1) is 0 Å². The Kier molecular flexibility index (Phi) is 5.65. The molecule has 0 fully saturated rings. The number of carbonyl (C=O) groups is 1. The second-order valence-corrected chi connectivity index (χ2v) is 6.53. The molecule has 3 N–H and O–H groups in total. The summed E-state index contributed by atoms with van der Waals surface area (Å²) in [6.07, 6.45) is 0. The molecular formula is C20H19ClN4O3. The van der Waals surface area contributed by atoms with Crippen LogP contribution in [-0.4, -0.2) is 28.2 Å². The average Bonchev–Trinajstić information content (AvgIpc) is 2.64. The minimum atomic E-state index is -0.969. The number of carboxylic acid groups (broad SMARTS) is 1. The summed E-state index contributed by atoms with van der Waals surface area (Å²) in [5, 5.41) is 16.0. The molecule has 0 bridgehead atoms. The fourth-order valence-electron chi connectivity index (χ4n) is 2.61. The average molecular weight is 399 g/mol. The maximum Gasteiger partial charge on any atom is 0.335 e. The molecule has 0 saturated carbocycles. The normalized spacial score (nSPS) is 10.4. The Bertz CT molecular complexity index is 1020. The monoisotopic (exact) mass is 398 g/mol. The topological polar surface area (TPSA) is 96.4 Å². The van der Waals surface area contributed by atoms with Gasteiger partial charge in [-0.05, 0) is 49.7 Å². The van der Waals surface area contributed by atoms with Crippen LogP contribution in [0.25, 0.3) is 0 Å². The Balaban J connectivity index is 1.86. The van der Waals surface area contributed by atoms with Crippen molar-refractivity contribution >= 4 is 40.6 Å². The number of aryl methyl sites for hydroxylation is 2. The third-order valence-electron chi connectivity index (χ3n) is 3.99. The predicted octanol–water partition coefficient (Wildman–Crippen LogP) is 4.94. The lowest BCUT2D eigenvalue weighted by Crippen LogP contribution is -2.03. The maximum absolute atomic E-state index is 11.0. The van der Waals surface area contributed by atoms with E-state index in [0.29, 0.717) is 33.9 Å². The molecule has 0 aliphatic carbocycles. The Morgan fingerprint density at radius 3 is 2.29 bits per heavy atom. The molecule has 0 aliphatic heterocycles. The molecule has 2 aromatic carbocycles. The SMILES string of the molecule is COc1cc(Cl)c(C)cc1Nc1cc(Nc2ccc(C(=O)O)cc2)nc(C)n1. The van der Waals surface area contributed by atoms with Crippen molar-refractivity contribution in [3.63, 3.8) is 0 Å². The van der Waals surface area contributed by atoms with E-state index >= 15 is 0 Å². The zero-order valence-corrected chi connectivity index (χ0v) is 16.3. The van der Waals surface area contributed by atoms with Crippen LogP contribution in [0, 0.1) is 13.8 Å². The van der Waals surface area contributed by atoms with E-state index in [0.717, 1.165) is 11.3 Å². The molecule has 7 nitrogen and oxygen atoms in total. The second kappa shape index (κ2) is 8.14. The number of hydrogen-bond acceptors (Lipinski definition) is 6. The molecule has 0 atom stereocenters. The van der Waals surface area contributed by atoms with Crippen LogP contribution in [0.3, 0.4) is 0 Å². The van der Waals surface area contributed by atoms with Crippen LogP contribution < -0.4 is 15.4 Å². The summed E-state index contributed by atoms with van der Waals surface area (Å²) < 4.78 is 5.39. The first-order valence-electron chi connectivity index (χ1n) is 8.43. The summed E-state index contributed by atoms with van der Waals surface area (Å²) in [7, 11) is 1.57. The van der Waals surface area contributed by atoms with Crippen molar-refractivity contribution < 1.29 is 14.6 Å². The highest BCUT2D eigenvalue weighted by Crippen LogP contribution is 2.33. The highest BCUT2D eigenvalue weighted by atomic mass is 35.5. The van der Waals surface area contributed by atoms with Crippen molar-refractivity contribution in [3.8, 4) is 5.75 Å². The van der Waals surface area contributed by atoms with E-state index in [2.05, 4.69) is 20.6 Å². The van der Waals surface area contributed by atoms with Crippen LogP contribution in [0.4, 0.5) is 23.0 Å². The molecule has 3 rings (SSSR count). The summed E-state index contributed by atoms with van der Waals surface area (Å²) in [5.41, 5.74) is 2.58. The van der Waals surface area contributed by atoms with Gasteiger partial charge in [0.25, 0.3) is 0 Å². The molecule has 28 heavy (non-hydrogen) atoms. The van der Waals surface area contributed by atoms with Crippen LogP contribution in [-0.2, 0) is 0 Å². The fraction of sp³-hybridized carbons (Fsp3) is 0.150. The number of aromatic nitrogens is 2. The highest BCUT2D eigenvalue weighted by molar-refractivity contribution is 6.31. The van der Waals surface area contributed by atoms with Gasteiger partial charge < -0.3 is 20.5 Å². The van der Waals surface area contributed by atoms with Gasteiger partial charge in [0, 0.05) is 22.8 Å². The number of benzene rings is 2. The van der Waals surface area contributed by atoms with E-state index in [1.54, 1.807) is 38.3 Å². The number of rotatable bonds is 6. The lowest BCUT2D eigenvalue weighted by molar-refractivity contribution is 0.0697. The minimum Gasteiger partial charge on any atom is -0.495 e. The minimum absolute atomic E-state index is 0.219. The van der Waals surface area contributed by atoms with Gasteiger partial charge in [-0.2, -0.15) is 0 Å². The standard InChI is InChI=1S/C20H19ClN4O3/c1-11-8-16(17(28-3)9-15(11)21)25-19-10-18(22-12(2)23-19)24-14-6-4-13(5-7-14)20(26)27/h4-10H,1-3H3,(H,26,27)(H2,22,23,24,25). The van der Waals surface area contributed by atoms with Crippen molar-refractivity contribution in [1.29, 1.82) is 0 Å². The van der Waals surface area contributed by atoms with Crippen LogP contribution >= 0.6 is 11.6 Å². The molecule has 0 aliphatic rings. The van der Waals surface area contributed by atoms with E-state index in [-0.39, 0.29) is 5.56 Å². The van der Waals surface area contributed by atoms with Crippen molar-refractivity contribution in [2.45, 2.75) is 13.8 Å². The number of ether oxygens (including phenoxy) is 1. The lowest BCUT2D eigenvalue weighted by atomic mass is 10.2. The molecule has 0 spiro atoms. The first-order chi connectivity index (χ1) is 13.4. The summed E-state index contributed by atoms with van der Waals surface area (Å²) in [5.74, 6) is 1.35. The number of hydrogen-bond donors (Lipinski definition) is 3. The van der Waals surface area contributed by atoms with Gasteiger partial charge >= 0.3 is 5.97 Å². The van der Waals surface area contributed by atoms with Gasteiger partial charge in [-0.1, -0.05) is 11.6 Å². The predicted molar refractivity (Wildman–Crippen MR) is 109 cm³/mol. The number of carboxylic acids is 1. The highest BCUT2D eigenvalue weighted by Gasteiger charge is 2.10. The Hall–Kier alpha value is -3.32. The molecule has 3 aromatic rings. The summed E-state index contributed by atoms with van der Waals surface area (Å²) in [4.78, 5) is 19.7. The molecule has 1 heterocycles. The van der Waals surface area contributed by atoms with Gasteiger partial charge in [0.15, 0.2) is 0 Å². The number of methoxy groups -OCH3 is 1. The van der Waals surface area contributed by atoms with Crippen molar-refractivity contribution in [1.82, 2.24) is 9.97 Å². The van der Waals surface area contributed by atoms with E-state index in [9.17, 15) is 4.79 Å². The number of aromatic carboxylic acids is 1. The van der Waals surface area contributed by atoms with Crippen LogP contribution in [0.15, 0.2) is 42.5 Å². The first-order valence-corrected chi connectivity index (χ1v) is 8.80. The summed E-state index contributed by atoms with van der Waals surface area (Å²) >= 11 is 6.16. The smallest absolute Gasteiger partial charge is 0.335 e. The fourth-order valence-corrected chi connectivity index (χ4v) is 2.76. The molecule has 0 radical (unpaired) electrons. The zero-order chi connectivity index (χ0) is 20.3. The maximum atomic E-state index is 11.0. The number of halogens is 1. The van der Waals surface area contributed by atoms with Crippen molar-refractivity contribution in [3.05, 3.63) is 64.4 Å². The quantitative estimate of drug-likeness (QED) is 0.541. The van der Waals surface area contributed by atoms with Crippen LogP contribution in [0.5, 0.6) is 5.75 Å². The second-order valence-electron chi connectivity index (χ2n) is 6.12. The van der Waals surface area contributed by atoms with Crippen molar-refractivity contribution in [2.75, 3.05) is 17.7 Å². The summed E-state index contributed by atoms with van der Waals surface area (Å²) in [6.45, 7) is 3.69. The van der Waals surface area contributed by atoms with E-state index in [1.165, 1.54) is 12.1 Å². The van der Waals surface area contributed by atoms with E-state index < -0.39 is 5.97 Å². The first kappa shape index (κ1) is 19.4. The molecule has 0 amide bonds. The number of anilines is 4. The van der Waals surface area contributed by atoms with Gasteiger partial charge in [0.1, 0.15) is 23.2 Å². The van der Waals surface area contributed by atoms with Gasteiger partial charge in [-0.3, -0.25) is 0 Å². The van der Waals surface area contributed by atoms with Crippen LogP contribution in [0.1, 0.15) is 21.7 Å². The van der Waals surface area contributed by atoms with Gasteiger partial charge in [-0.25, -0.2) is 14.8 Å². The molecule has 1 aromatic heterocycles. The number of nitrogens with one attached hydrogen (secondary N) is 2. The zero-order valence-electron chi connectivity index (χ0n) is 15.6.